The average molecular weight is 455 g/mol. The van der Waals surface area contributed by atoms with Crippen LogP contribution in [0.1, 0.15) is 12.5 Å². The minimum Gasteiger partial charge on any atom is -0.337 e. The van der Waals surface area contributed by atoms with Gasteiger partial charge in [0, 0.05) is 17.3 Å². The molecule has 0 bridgehead atoms. The van der Waals surface area contributed by atoms with Crippen LogP contribution in [0.2, 0.25) is 10.0 Å². The molecule has 0 aromatic heterocycles. The highest BCUT2D eigenvalue weighted by Crippen LogP contribution is 2.39. The second kappa shape index (κ2) is 8.53. The van der Waals surface area contributed by atoms with E-state index < -0.39 is 17.6 Å². The van der Waals surface area contributed by atoms with Crippen LogP contribution in [0.5, 0.6) is 0 Å². The molecule has 1 aliphatic rings. The van der Waals surface area contributed by atoms with Crippen LogP contribution in [0.3, 0.4) is 0 Å². The van der Waals surface area contributed by atoms with Gasteiger partial charge in [-0.05, 0) is 55.0 Å². The van der Waals surface area contributed by atoms with Gasteiger partial charge in [-0.3, -0.25) is 9.59 Å². The summed E-state index contributed by atoms with van der Waals surface area (Å²) in [4.78, 5) is 30.0. The number of rotatable bonds is 5. The number of carbonyl (C=O) groups is 2. The van der Waals surface area contributed by atoms with Crippen LogP contribution in [0.15, 0.2) is 78.5 Å². The summed E-state index contributed by atoms with van der Waals surface area (Å²) in [5.74, 6) is -1.52. The second-order valence-electron chi connectivity index (χ2n) is 6.85. The maximum absolute atomic E-state index is 13.6. The number of imide groups is 1. The fourth-order valence-corrected chi connectivity index (χ4v) is 3.97. The largest absolute Gasteiger partial charge is 0.337 e. The first-order chi connectivity index (χ1) is 14.9. The summed E-state index contributed by atoms with van der Waals surface area (Å²) >= 11 is 12.4. The van der Waals surface area contributed by atoms with E-state index in [4.69, 9.17) is 23.2 Å². The third kappa shape index (κ3) is 3.82. The highest BCUT2D eigenvalue weighted by molar-refractivity contribution is 6.48. The monoisotopic (exact) mass is 454 g/mol. The molecule has 4 nitrogen and oxygen atoms in total. The molecule has 3 aromatic carbocycles. The van der Waals surface area contributed by atoms with Crippen molar-refractivity contribution in [1.82, 2.24) is 0 Å². The lowest BCUT2D eigenvalue weighted by Crippen LogP contribution is -2.35. The number of hydrogen-bond donors (Lipinski definition) is 0. The quantitative estimate of drug-likeness (QED) is 0.447. The van der Waals surface area contributed by atoms with E-state index in [0.717, 1.165) is 10.6 Å². The van der Waals surface area contributed by atoms with Crippen molar-refractivity contribution in [2.75, 3.05) is 16.3 Å². The Morgan fingerprint density at radius 1 is 0.903 bits per heavy atom. The van der Waals surface area contributed by atoms with Gasteiger partial charge in [-0.25, -0.2) is 9.29 Å². The molecule has 0 saturated carbocycles. The molecule has 31 heavy (non-hydrogen) atoms. The van der Waals surface area contributed by atoms with E-state index in [1.54, 1.807) is 11.0 Å². The van der Waals surface area contributed by atoms with Gasteiger partial charge in [-0.2, -0.15) is 0 Å². The van der Waals surface area contributed by atoms with Crippen molar-refractivity contribution in [2.45, 2.75) is 6.92 Å². The van der Waals surface area contributed by atoms with Gasteiger partial charge in [0.15, 0.2) is 0 Å². The summed E-state index contributed by atoms with van der Waals surface area (Å²) in [7, 11) is 0. The number of amides is 2. The molecule has 0 saturated heterocycles. The zero-order chi connectivity index (χ0) is 22.1. The Morgan fingerprint density at radius 2 is 1.58 bits per heavy atom. The molecule has 3 aromatic rings. The van der Waals surface area contributed by atoms with E-state index in [2.05, 4.69) is 0 Å². The molecule has 2 amide bonds. The maximum atomic E-state index is 13.6. The van der Waals surface area contributed by atoms with Gasteiger partial charge in [0.25, 0.3) is 11.8 Å². The molecule has 0 radical (unpaired) electrons. The number of likely N-dealkylation sites (N-methyl/N-ethyl adjacent to an activating group) is 1. The SMILES string of the molecule is CCN(C1=C(c2ccc(F)cc2)C(=O)N(c2cc(Cl)ccc2Cl)C1=O)c1ccccc1. The average Bonchev–Trinajstić information content (AvgIpc) is 3.02. The zero-order valence-electron chi connectivity index (χ0n) is 16.5. The van der Waals surface area contributed by atoms with Crippen molar-refractivity contribution in [3.8, 4) is 0 Å². The van der Waals surface area contributed by atoms with Crippen LogP contribution in [-0.2, 0) is 9.59 Å². The standard InChI is InChI=1S/C24H17Cl2FN2O2/c1-2-28(18-6-4-3-5-7-18)22-21(15-8-11-17(27)12-9-15)23(30)29(24(22)31)20-14-16(25)10-13-19(20)26/h3-14H,2H2,1H3. The van der Waals surface area contributed by atoms with Crippen LogP contribution >= 0.6 is 23.2 Å². The molecule has 0 atom stereocenters. The van der Waals surface area contributed by atoms with Crippen molar-refractivity contribution in [2.24, 2.45) is 0 Å². The van der Waals surface area contributed by atoms with E-state index >= 15 is 0 Å². The topological polar surface area (TPSA) is 40.6 Å². The molecule has 156 valence electrons. The Labute approximate surface area is 189 Å². The predicted molar refractivity (Wildman–Crippen MR) is 122 cm³/mol. The van der Waals surface area contributed by atoms with Gasteiger partial charge in [0.05, 0.1) is 16.3 Å². The molecule has 0 spiro atoms. The molecule has 0 aliphatic carbocycles. The molecular weight excluding hydrogens is 438 g/mol. The number of para-hydroxylation sites is 1. The lowest BCUT2D eigenvalue weighted by molar-refractivity contribution is -0.120. The van der Waals surface area contributed by atoms with E-state index in [-0.39, 0.29) is 22.0 Å². The summed E-state index contributed by atoms with van der Waals surface area (Å²) in [6.07, 6.45) is 0. The second-order valence-corrected chi connectivity index (χ2v) is 7.70. The van der Waals surface area contributed by atoms with Crippen LogP contribution < -0.4 is 9.80 Å². The molecule has 0 N–H and O–H groups in total. The molecule has 1 aliphatic heterocycles. The van der Waals surface area contributed by atoms with E-state index in [1.807, 2.05) is 37.3 Å². The van der Waals surface area contributed by atoms with Crippen LogP contribution in [0, 0.1) is 5.82 Å². The number of carbonyl (C=O) groups excluding carboxylic acids is 2. The number of hydrogen-bond acceptors (Lipinski definition) is 3. The third-order valence-corrected chi connectivity index (χ3v) is 5.55. The first kappa shape index (κ1) is 21.1. The third-order valence-electron chi connectivity index (χ3n) is 5.00. The van der Waals surface area contributed by atoms with Crippen molar-refractivity contribution in [1.29, 1.82) is 0 Å². The summed E-state index contributed by atoms with van der Waals surface area (Å²) in [5, 5.41) is 0.556. The Balaban J connectivity index is 1.93. The van der Waals surface area contributed by atoms with Crippen molar-refractivity contribution >= 4 is 52.0 Å². The van der Waals surface area contributed by atoms with E-state index in [1.165, 1.54) is 36.4 Å². The van der Waals surface area contributed by atoms with E-state index in [0.29, 0.717) is 17.1 Å². The molecule has 4 rings (SSSR count). The van der Waals surface area contributed by atoms with Crippen LogP contribution in [0.4, 0.5) is 15.8 Å². The number of nitrogens with zero attached hydrogens (tertiary/aromatic N) is 2. The highest BCUT2D eigenvalue weighted by atomic mass is 35.5. The molecule has 7 heteroatoms. The Kier molecular flexibility index (Phi) is 5.81. The normalized spacial score (nSPS) is 13.9. The molecule has 0 fully saturated rings. The van der Waals surface area contributed by atoms with Crippen LogP contribution in [0.25, 0.3) is 5.57 Å². The van der Waals surface area contributed by atoms with Gasteiger partial charge in [0.1, 0.15) is 11.5 Å². The summed E-state index contributed by atoms with van der Waals surface area (Å²) in [5.41, 5.74) is 1.75. The lowest BCUT2D eigenvalue weighted by atomic mass is 10.0. The Morgan fingerprint density at radius 3 is 2.23 bits per heavy atom. The van der Waals surface area contributed by atoms with Gasteiger partial charge in [-0.15, -0.1) is 0 Å². The molecule has 0 unspecified atom stereocenters. The van der Waals surface area contributed by atoms with Gasteiger partial charge in [-0.1, -0.05) is 53.5 Å². The highest BCUT2D eigenvalue weighted by Gasteiger charge is 2.43. The summed E-state index contributed by atoms with van der Waals surface area (Å²) in [6, 6.07) is 19.3. The Hall–Kier alpha value is -3.15. The smallest absolute Gasteiger partial charge is 0.282 e. The first-order valence-corrected chi connectivity index (χ1v) is 10.3. The molecular formula is C24H17Cl2FN2O2. The minimum absolute atomic E-state index is 0.173. The first-order valence-electron chi connectivity index (χ1n) is 9.59. The van der Waals surface area contributed by atoms with Crippen molar-refractivity contribution in [3.63, 3.8) is 0 Å². The number of benzene rings is 3. The van der Waals surface area contributed by atoms with Gasteiger partial charge >= 0.3 is 0 Å². The number of anilines is 2. The maximum Gasteiger partial charge on any atom is 0.282 e. The lowest BCUT2D eigenvalue weighted by Gasteiger charge is -2.25. The number of halogens is 3. The van der Waals surface area contributed by atoms with Crippen molar-refractivity contribution < 1.29 is 14.0 Å². The Bertz CT molecular complexity index is 1190. The van der Waals surface area contributed by atoms with Crippen molar-refractivity contribution in [3.05, 3.63) is 99.9 Å². The molecule has 1 heterocycles. The fourth-order valence-electron chi connectivity index (χ4n) is 3.60. The minimum atomic E-state index is -0.551. The van der Waals surface area contributed by atoms with Crippen LogP contribution in [-0.4, -0.2) is 18.4 Å². The summed E-state index contributed by atoms with van der Waals surface area (Å²) in [6.45, 7) is 2.31. The van der Waals surface area contributed by atoms with Gasteiger partial charge < -0.3 is 4.90 Å². The predicted octanol–water partition coefficient (Wildman–Crippen LogP) is 5.94. The summed E-state index contributed by atoms with van der Waals surface area (Å²) < 4.78 is 13.6. The zero-order valence-corrected chi connectivity index (χ0v) is 18.0. The fraction of sp³-hybridized carbons (Fsp3) is 0.0833. The van der Waals surface area contributed by atoms with Gasteiger partial charge in [0.2, 0.25) is 0 Å². The van der Waals surface area contributed by atoms with E-state index in [9.17, 15) is 14.0 Å².